The second-order valence-corrected chi connectivity index (χ2v) is 6.96. The van der Waals surface area contributed by atoms with E-state index in [9.17, 15) is 13.2 Å². The van der Waals surface area contributed by atoms with Gasteiger partial charge in [-0.15, -0.1) is 0 Å². The molecule has 1 aromatic rings. The fourth-order valence-electron chi connectivity index (χ4n) is 1.87. The molecule has 0 saturated carbocycles. The third-order valence-electron chi connectivity index (χ3n) is 3.13. The first-order chi connectivity index (χ1) is 9.73. The molecule has 0 aliphatic heterocycles. The number of rotatable bonds is 6. The smallest absolute Gasteiger partial charge is 0.245 e. The summed E-state index contributed by atoms with van der Waals surface area (Å²) in [6.45, 7) is 4.52. The van der Waals surface area contributed by atoms with Crippen molar-refractivity contribution in [3.63, 3.8) is 0 Å². The normalized spacial score (nSPS) is 11.7. The third kappa shape index (κ3) is 4.09. The van der Waals surface area contributed by atoms with Crippen LogP contribution in [-0.4, -0.2) is 50.2 Å². The van der Waals surface area contributed by atoms with Crippen molar-refractivity contribution in [1.29, 1.82) is 0 Å². The van der Waals surface area contributed by atoms with Gasteiger partial charge in [0.2, 0.25) is 15.9 Å². The second kappa shape index (κ2) is 7.11. The zero-order chi connectivity index (χ0) is 16.2. The van der Waals surface area contributed by atoms with E-state index in [0.29, 0.717) is 18.1 Å². The van der Waals surface area contributed by atoms with Crippen molar-refractivity contribution in [2.75, 3.05) is 32.4 Å². The molecule has 0 aliphatic rings. The molecule has 1 amide bonds. The highest BCUT2D eigenvalue weighted by atomic mass is 35.5. The summed E-state index contributed by atoms with van der Waals surface area (Å²) in [6, 6.07) is 4.16. The molecule has 0 unspecified atom stereocenters. The van der Waals surface area contributed by atoms with Gasteiger partial charge in [0.15, 0.2) is 0 Å². The third-order valence-corrected chi connectivity index (χ3v) is 5.25. The number of nitrogens with two attached hydrogens (primary N) is 1. The molecule has 0 aromatic heterocycles. The van der Waals surface area contributed by atoms with Gasteiger partial charge in [-0.25, -0.2) is 8.42 Å². The maximum absolute atomic E-state index is 12.4. The Morgan fingerprint density at radius 2 is 1.86 bits per heavy atom. The zero-order valence-electron chi connectivity index (χ0n) is 12.3. The van der Waals surface area contributed by atoms with E-state index in [2.05, 4.69) is 0 Å². The molecular weight excluding hydrogens is 314 g/mol. The Labute approximate surface area is 130 Å². The fraction of sp³-hybridized carbons (Fsp3) is 0.462. The number of likely N-dealkylation sites (N-methyl/N-ethyl adjacent to an activating group) is 2. The Hall–Kier alpha value is -1.31. The number of carbonyl (C=O) groups is 1. The van der Waals surface area contributed by atoms with Gasteiger partial charge in [-0.2, -0.15) is 4.31 Å². The first-order valence-corrected chi connectivity index (χ1v) is 8.35. The Morgan fingerprint density at radius 3 is 2.33 bits per heavy atom. The molecule has 118 valence electrons. The lowest BCUT2D eigenvalue weighted by atomic mass is 10.3. The summed E-state index contributed by atoms with van der Waals surface area (Å²) < 4.78 is 25.9. The lowest BCUT2D eigenvalue weighted by molar-refractivity contribution is -0.130. The van der Waals surface area contributed by atoms with Crippen LogP contribution in [0.25, 0.3) is 0 Å². The molecule has 0 radical (unpaired) electrons. The Kier molecular flexibility index (Phi) is 6.00. The first-order valence-electron chi connectivity index (χ1n) is 6.53. The molecule has 1 rings (SSSR count). The van der Waals surface area contributed by atoms with Crippen LogP contribution in [0.4, 0.5) is 5.69 Å². The van der Waals surface area contributed by atoms with Crippen molar-refractivity contribution in [1.82, 2.24) is 9.21 Å². The summed E-state index contributed by atoms with van der Waals surface area (Å²) in [7, 11) is -2.48. The highest BCUT2D eigenvalue weighted by Crippen LogP contribution is 2.24. The van der Waals surface area contributed by atoms with E-state index in [1.54, 1.807) is 4.90 Å². The predicted octanol–water partition coefficient (Wildman–Crippen LogP) is 1.41. The molecule has 0 aliphatic carbocycles. The Morgan fingerprint density at radius 1 is 1.29 bits per heavy atom. The predicted molar refractivity (Wildman–Crippen MR) is 83.6 cm³/mol. The topological polar surface area (TPSA) is 83.7 Å². The van der Waals surface area contributed by atoms with Crippen LogP contribution in [-0.2, 0) is 14.8 Å². The highest BCUT2D eigenvalue weighted by molar-refractivity contribution is 7.89. The minimum absolute atomic E-state index is 0.0539. The van der Waals surface area contributed by atoms with Gasteiger partial charge in [-0.1, -0.05) is 11.6 Å². The molecule has 21 heavy (non-hydrogen) atoms. The van der Waals surface area contributed by atoms with E-state index in [0.717, 1.165) is 4.31 Å². The molecule has 0 spiro atoms. The van der Waals surface area contributed by atoms with Gasteiger partial charge in [-0.05, 0) is 32.0 Å². The lowest BCUT2D eigenvalue weighted by Gasteiger charge is -2.23. The summed E-state index contributed by atoms with van der Waals surface area (Å²) in [4.78, 5) is 13.5. The monoisotopic (exact) mass is 333 g/mol. The van der Waals surface area contributed by atoms with E-state index in [4.69, 9.17) is 17.3 Å². The van der Waals surface area contributed by atoms with E-state index in [1.807, 2.05) is 13.8 Å². The largest absolute Gasteiger partial charge is 0.398 e. The number of amides is 1. The maximum atomic E-state index is 12.4. The number of benzene rings is 1. The number of sulfonamides is 1. The van der Waals surface area contributed by atoms with Crippen LogP contribution < -0.4 is 5.73 Å². The number of halogens is 1. The average molecular weight is 334 g/mol. The number of carbonyl (C=O) groups excluding carboxylic acids is 1. The van der Waals surface area contributed by atoms with Crippen molar-refractivity contribution in [2.45, 2.75) is 18.7 Å². The molecule has 2 N–H and O–H groups in total. The summed E-state index contributed by atoms with van der Waals surface area (Å²) >= 11 is 5.76. The quantitative estimate of drug-likeness (QED) is 0.798. The van der Waals surface area contributed by atoms with Gasteiger partial charge in [0, 0.05) is 25.2 Å². The van der Waals surface area contributed by atoms with Crippen LogP contribution >= 0.6 is 11.6 Å². The lowest BCUT2D eigenvalue weighted by Crippen LogP contribution is -2.41. The molecular formula is C13H20ClN3O3S. The average Bonchev–Trinajstić information content (AvgIpc) is 2.39. The van der Waals surface area contributed by atoms with Crippen LogP contribution in [0.5, 0.6) is 0 Å². The number of anilines is 1. The molecule has 0 fully saturated rings. The van der Waals surface area contributed by atoms with Crippen molar-refractivity contribution < 1.29 is 13.2 Å². The van der Waals surface area contributed by atoms with Crippen molar-refractivity contribution >= 4 is 33.2 Å². The van der Waals surface area contributed by atoms with Gasteiger partial charge >= 0.3 is 0 Å². The highest BCUT2D eigenvalue weighted by Gasteiger charge is 2.26. The fourth-order valence-corrected chi connectivity index (χ4v) is 3.27. The van der Waals surface area contributed by atoms with Gasteiger partial charge in [-0.3, -0.25) is 4.79 Å². The molecule has 0 saturated heterocycles. The van der Waals surface area contributed by atoms with E-state index in [1.165, 1.54) is 25.2 Å². The summed E-state index contributed by atoms with van der Waals surface area (Å²) in [6.07, 6.45) is 0. The van der Waals surface area contributed by atoms with Crippen LogP contribution in [0.1, 0.15) is 13.8 Å². The summed E-state index contributed by atoms with van der Waals surface area (Å²) in [5.74, 6) is -0.251. The van der Waals surface area contributed by atoms with E-state index >= 15 is 0 Å². The molecule has 0 heterocycles. The molecule has 0 bridgehead atoms. The Balaban J connectivity index is 2.99. The van der Waals surface area contributed by atoms with Crippen LogP contribution in [0.15, 0.2) is 23.1 Å². The molecule has 8 heteroatoms. The number of nitrogens with zero attached hydrogens (tertiary/aromatic N) is 2. The number of hydrogen-bond donors (Lipinski definition) is 1. The van der Waals surface area contributed by atoms with Crippen molar-refractivity contribution in [2.24, 2.45) is 0 Å². The van der Waals surface area contributed by atoms with Crippen molar-refractivity contribution in [3.8, 4) is 0 Å². The van der Waals surface area contributed by atoms with Gasteiger partial charge in [0.1, 0.15) is 4.90 Å². The van der Waals surface area contributed by atoms with Crippen LogP contribution in [0.2, 0.25) is 5.02 Å². The summed E-state index contributed by atoms with van der Waals surface area (Å²) in [5, 5.41) is 0.355. The molecule has 1 aromatic carbocycles. The maximum Gasteiger partial charge on any atom is 0.245 e. The minimum atomic E-state index is -3.83. The summed E-state index contributed by atoms with van der Waals surface area (Å²) in [5.41, 5.74) is 5.76. The van der Waals surface area contributed by atoms with Crippen LogP contribution in [0.3, 0.4) is 0 Å². The first kappa shape index (κ1) is 17.7. The number of nitrogen functional groups attached to an aromatic ring is 1. The minimum Gasteiger partial charge on any atom is -0.398 e. The second-order valence-electron chi connectivity index (χ2n) is 4.51. The van der Waals surface area contributed by atoms with Gasteiger partial charge in [0.05, 0.1) is 12.2 Å². The Bertz CT molecular complexity index is 615. The zero-order valence-corrected chi connectivity index (χ0v) is 13.9. The standard InChI is InChI=1S/C13H20ClN3O3S/c1-4-17(5-2)13(18)9-16(3)21(19,20)12-7-6-10(14)8-11(12)15/h6-8H,4-5,9,15H2,1-3H3. The van der Waals surface area contributed by atoms with E-state index in [-0.39, 0.29) is 23.0 Å². The van der Waals surface area contributed by atoms with Gasteiger partial charge in [0.25, 0.3) is 0 Å². The van der Waals surface area contributed by atoms with E-state index < -0.39 is 10.0 Å². The molecule has 6 nitrogen and oxygen atoms in total. The SMILES string of the molecule is CCN(CC)C(=O)CN(C)S(=O)(=O)c1ccc(Cl)cc1N. The van der Waals surface area contributed by atoms with Gasteiger partial charge < -0.3 is 10.6 Å². The van der Waals surface area contributed by atoms with Crippen molar-refractivity contribution in [3.05, 3.63) is 23.2 Å². The van der Waals surface area contributed by atoms with Crippen LogP contribution in [0, 0.1) is 0 Å². The molecule has 0 atom stereocenters. The number of hydrogen-bond acceptors (Lipinski definition) is 4.